The minimum Gasteiger partial charge on any atom is -0.465 e. The summed E-state index contributed by atoms with van der Waals surface area (Å²) in [4.78, 5) is 0. The molecule has 0 radical (unpaired) electrons. The second kappa shape index (κ2) is 11.6. The zero-order valence-corrected chi connectivity index (χ0v) is 25.8. The van der Waals surface area contributed by atoms with Gasteiger partial charge in [0, 0.05) is 31.9 Å². The van der Waals surface area contributed by atoms with Gasteiger partial charge in [-0.3, -0.25) is 0 Å². The van der Waals surface area contributed by atoms with Crippen molar-refractivity contribution in [3.8, 4) is 11.5 Å². The molecule has 0 aliphatic carbocycles. The van der Waals surface area contributed by atoms with Crippen molar-refractivity contribution in [2.75, 3.05) is 0 Å². The zero-order valence-electron chi connectivity index (χ0n) is 22.6. The van der Waals surface area contributed by atoms with Crippen LogP contribution in [0.2, 0.25) is 0 Å². The van der Waals surface area contributed by atoms with E-state index in [4.69, 9.17) is 9.47 Å². The number of hydrogen-bond acceptors (Lipinski definition) is 2. The lowest BCUT2D eigenvalue weighted by molar-refractivity contribution is 0.460. The highest BCUT2D eigenvalue weighted by molar-refractivity contribution is 9.10. The van der Waals surface area contributed by atoms with E-state index in [1.165, 1.54) is 43.8 Å². The monoisotopic (exact) mass is 672 g/mol. The fourth-order valence-corrected chi connectivity index (χ4v) is 6.67. The van der Waals surface area contributed by atoms with Crippen molar-refractivity contribution in [3.63, 3.8) is 0 Å². The van der Waals surface area contributed by atoms with Crippen LogP contribution in [-0.4, -0.2) is 0 Å². The van der Waals surface area contributed by atoms with Crippen molar-refractivity contribution in [1.82, 2.24) is 0 Å². The molecule has 2 aliphatic rings. The Kier molecular flexibility index (Phi) is 7.41. The van der Waals surface area contributed by atoms with Crippen LogP contribution in [0, 0.1) is 0 Å². The number of benzene rings is 6. The van der Waals surface area contributed by atoms with Crippen LogP contribution in [0.25, 0.3) is 21.5 Å². The first-order chi connectivity index (χ1) is 20.7. The van der Waals surface area contributed by atoms with Gasteiger partial charge in [-0.1, -0.05) is 117 Å². The molecular formula is C38H26Br2O2. The van der Waals surface area contributed by atoms with Gasteiger partial charge < -0.3 is 9.47 Å². The van der Waals surface area contributed by atoms with E-state index < -0.39 is 0 Å². The second-order valence-corrected chi connectivity index (χ2v) is 12.2. The van der Waals surface area contributed by atoms with E-state index in [2.05, 4.69) is 153 Å². The van der Waals surface area contributed by atoms with Crippen molar-refractivity contribution >= 4 is 53.4 Å². The van der Waals surface area contributed by atoms with Gasteiger partial charge in [-0.05, 0) is 81.2 Å². The maximum Gasteiger partial charge on any atom is 0.131 e. The van der Waals surface area contributed by atoms with Crippen LogP contribution in [-0.2, 0) is 0 Å². The summed E-state index contributed by atoms with van der Waals surface area (Å²) < 4.78 is 13.6. The molecule has 0 unspecified atom stereocenters. The molecule has 2 nitrogen and oxygen atoms in total. The van der Waals surface area contributed by atoms with Gasteiger partial charge in [0.15, 0.2) is 0 Å². The van der Waals surface area contributed by atoms with E-state index in [1.54, 1.807) is 12.5 Å². The molecule has 0 fully saturated rings. The zero-order chi connectivity index (χ0) is 28.5. The second-order valence-electron chi connectivity index (χ2n) is 10.4. The Morgan fingerprint density at radius 3 is 1.31 bits per heavy atom. The molecule has 8 rings (SSSR count). The Bertz CT molecular complexity index is 1820. The number of halogens is 2. The fourth-order valence-electron chi connectivity index (χ4n) is 5.91. The molecule has 0 saturated carbocycles. The predicted molar refractivity (Wildman–Crippen MR) is 179 cm³/mol. The van der Waals surface area contributed by atoms with Crippen LogP contribution < -0.4 is 9.47 Å². The van der Waals surface area contributed by atoms with Gasteiger partial charge in [0.1, 0.15) is 11.5 Å². The largest absolute Gasteiger partial charge is 0.465 e. The van der Waals surface area contributed by atoms with E-state index >= 15 is 0 Å². The van der Waals surface area contributed by atoms with Crippen molar-refractivity contribution in [2.45, 2.75) is 11.8 Å². The summed E-state index contributed by atoms with van der Waals surface area (Å²) >= 11 is 7.09. The lowest BCUT2D eigenvalue weighted by Gasteiger charge is -2.23. The first kappa shape index (κ1) is 26.8. The Morgan fingerprint density at radius 1 is 0.452 bits per heavy atom. The SMILES string of the molecule is Brc1ccc2c3c(ccc2c1)OC=C[C@@H]3c1ccccc1.Brc1ccc2c3c(ccc2c1)OC=C[C@@H]3c1ccccc1. The maximum atomic E-state index is 5.72. The molecule has 0 spiro atoms. The maximum absolute atomic E-state index is 5.72. The molecule has 6 aromatic carbocycles. The van der Waals surface area contributed by atoms with Crippen LogP contribution in [0.5, 0.6) is 11.5 Å². The van der Waals surface area contributed by atoms with Gasteiger partial charge in [-0.2, -0.15) is 0 Å². The highest BCUT2D eigenvalue weighted by Crippen LogP contribution is 2.43. The van der Waals surface area contributed by atoms with Gasteiger partial charge in [0.05, 0.1) is 12.5 Å². The third-order valence-electron chi connectivity index (χ3n) is 7.84. The molecule has 6 aromatic rings. The van der Waals surface area contributed by atoms with Crippen LogP contribution in [0.15, 0.2) is 155 Å². The molecule has 4 heteroatoms. The lowest BCUT2D eigenvalue weighted by atomic mass is 9.86. The number of ether oxygens (including phenoxy) is 2. The van der Waals surface area contributed by atoms with Crippen LogP contribution >= 0.6 is 31.9 Å². The third-order valence-corrected chi connectivity index (χ3v) is 8.82. The molecule has 0 bridgehead atoms. The van der Waals surface area contributed by atoms with E-state index in [9.17, 15) is 0 Å². The standard InChI is InChI=1S/2C19H13BrO/c2*20-15-7-8-16-14(12-15)6-9-18-19(16)17(10-11-21-18)13-4-2-1-3-5-13/h2*1-12,17H/t2*17-/m11/s1. The van der Waals surface area contributed by atoms with Crippen LogP contribution in [0.3, 0.4) is 0 Å². The topological polar surface area (TPSA) is 18.5 Å². The summed E-state index contributed by atoms with van der Waals surface area (Å²) in [5.41, 5.74) is 5.06. The number of allylic oxidation sites excluding steroid dienone is 2. The van der Waals surface area contributed by atoms with Gasteiger partial charge in [-0.15, -0.1) is 0 Å². The highest BCUT2D eigenvalue weighted by atomic mass is 79.9. The first-order valence-corrected chi connectivity index (χ1v) is 15.5. The lowest BCUT2D eigenvalue weighted by Crippen LogP contribution is -2.06. The molecule has 2 heterocycles. The van der Waals surface area contributed by atoms with Gasteiger partial charge in [-0.25, -0.2) is 0 Å². The molecule has 0 saturated heterocycles. The Balaban J connectivity index is 0.000000137. The molecule has 2 atom stereocenters. The smallest absolute Gasteiger partial charge is 0.131 e. The summed E-state index contributed by atoms with van der Waals surface area (Å²) in [6.45, 7) is 0. The van der Waals surface area contributed by atoms with E-state index in [0.717, 1.165) is 20.4 Å². The van der Waals surface area contributed by atoms with E-state index in [1.807, 2.05) is 12.1 Å². The average molecular weight is 674 g/mol. The summed E-state index contributed by atoms with van der Waals surface area (Å²) in [7, 11) is 0. The van der Waals surface area contributed by atoms with Gasteiger partial charge in [0.2, 0.25) is 0 Å². The van der Waals surface area contributed by atoms with Crippen molar-refractivity contribution in [2.24, 2.45) is 0 Å². The number of rotatable bonds is 2. The van der Waals surface area contributed by atoms with Crippen molar-refractivity contribution < 1.29 is 9.47 Å². The predicted octanol–water partition coefficient (Wildman–Crippen LogP) is 11.3. The highest BCUT2D eigenvalue weighted by Gasteiger charge is 2.23. The quantitative estimate of drug-likeness (QED) is 0.182. The van der Waals surface area contributed by atoms with Crippen LogP contribution in [0.4, 0.5) is 0 Å². The molecule has 0 aromatic heterocycles. The fraction of sp³-hybridized carbons (Fsp3) is 0.0526. The van der Waals surface area contributed by atoms with Crippen molar-refractivity contribution in [3.05, 3.63) is 177 Å². The van der Waals surface area contributed by atoms with E-state index in [0.29, 0.717) is 0 Å². The van der Waals surface area contributed by atoms with Gasteiger partial charge in [0.25, 0.3) is 0 Å². The number of hydrogen-bond donors (Lipinski definition) is 0. The van der Waals surface area contributed by atoms with E-state index in [-0.39, 0.29) is 11.8 Å². The Morgan fingerprint density at radius 2 is 0.881 bits per heavy atom. The van der Waals surface area contributed by atoms with Crippen molar-refractivity contribution in [1.29, 1.82) is 0 Å². The normalized spacial score (nSPS) is 16.5. The third kappa shape index (κ3) is 5.17. The Hall–Kier alpha value is -4.12. The molecular weight excluding hydrogens is 648 g/mol. The summed E-state index contributed by atoms with van der Waals surface area (Å²) in [5.74, 6) is 2.36. The first-order valence-electron chi connectivity index (χ1n) is 13.9. The number of fused-ring (bicyclic) bond motifs is 6. The minimum atomic E-state index is 0.236. The molecule has 0 amide bonds. The minimum absolute atomic E-state index is 0.236. The summed E-state index contributed by atoms with van der Waals surface area (Å²) in [6, 6.07) is 42.2. The average Bonchev–Trinajstić information content (AvgIpc) is 3.05. The summed E-state index contributed by atoms with van der Waals surface area (Å²) in [5, 5.41) is 4.94. The van der Waals surface area contributed by atoms with Crippen LogP contribution in [0.1, 0.15) is 34.1 Å². The summed E-state index contributed by atoms with van der Waals surface area (Å²) in [6.07, 6.45) is 7.84. The van der Waals surface area contributed by atoms with Gasteiger partial charge >= 0.3 is 0 Å². The molecule has 42 heavy (non-hydrogen) atoms. The Labute approximate surface area is 262 Å². The molecule has 204 valence electrons. The molecule has 2 aliphatic heterocycles. The molecule has 0 N–H and O–H groups in total.